The highest BCUT2D eigenvalue weighted by Crippen LogP contribution is 2.80. The van der Waals surface area contributed by atoms with Gasteiger partial charge in [-0.25, -0.2) is 4.79 Å². The van der Waals surface area contributed by atoms with Crippen LogP contribution < -0.4 is 4.74 Å². The summed E-state index contributed by atoms with van der Waals surface area (Å²) in [5, 5.41) is 37.2. The highest BCUT2D eigenvalue weighted by Gasteiger charge is 2.91. The number of aliphatic hydroxyl groups excluding tert-OH is 2. The third-order valence-electron chi connectivity index (χ3n) is 13.5. The summed E-state index contributed by atoms with van der Waals surface area (Å²) in [7, 11) is 9.61. The molecule has 0 aromatic heterocycles. The number of piperidine rings is 1. The Kier molecular flexibility index (Phi) is 7.87. The van der Waals surface area contributed by atoms with E-state index in [1.807, 2.05) is 0 Å². The van der Waals surface area contributed by atoms with Crippen LogP contribution >= 0.6 is 0 Å². The number of carbonyl (C=O) groups is 1. The number of fused-ring (bicyclic) bond motifs is 2. The molecular formula is C34H49NO11. The van der Waals surface area contributed by atoms with Crippen LogP contribution in [-0.2, 0) is 28.4 Å². The first-order chi connectivity index (χ1) is 22.1. The number of esters is 1. The average Bonchev–Trinajstić information content (AvgIpc) is 3.43. The maximum Gasteiger partial charge on any atom is 0.338 e. The van der Waals surface area contributed by atoms with Crippen LogP contribution in [0.2, 0.25) is 0 Å². The lowest BCUT2D eigenvalue weighted by Crippen LogP contribution is -2.81. The van der Waals surface area contributed by atoms with Crippen molar-refractivity contribution in [1.82, 2.24) is 4.90 Å². The summed E-state index contributed by atoms with van der Waals surface area (Å²) in [6.45, 7) is 3.64. The second-order valence-electron chi connectivity index (χ2n) is 14.4. The third-order valence-corrected chi connectivity index (χ3v) is 13.5. The summed E-state index contributed by atoms with van der Waals surface area (Å²) in [6.07, 6.45) is -4.57. The van der Waals surface area contributed by atoms with Crippen LogP contribution in [0, 0.1) is 34.5 Å². The maximum absolute atomic E-state index is 13.8. The fourth-order valence-electron chi connectivity index (χ4n) is 12.4. The van der Waals surface area contributed by atoms with Crippen LogP contribution in [0.1, 0.15) is 30.1 Å². The fraction of sp³-hybridized carbons (Fsp3) is 0.794. The van der Waals surface area contributed by atoms with Crippen molar-refractivity contribution in [3.63, 3.8) is 0 Å². The van der Waals surface area contributed by atoms with Gasteiger partial charge in [0.15, 0.2) is 0 Å². The van der Waals surface area contributed by atoms with Gasteiger partial charge in [-0.05, 0) is 43.1 Å². The average molecular weight is 648 g/mol. The molecule has 15 atom stereocenters. The number of aliphatic hydroxyl groups is 3. The van der Waals surface area contributed by atoms with Gasteiger partial charge in [0.25, 0.3) is 0 Å². The first kappa shape index (κ1) is 32.7. The third kappa shape index (κ3) is 3.58. The summed E-state index contributed by atoms with van der Waals surface area (Å²) in [5.41, 5.74) is -4.16. The lowest BCUT2D eigenvalue weighted by molar-refractivity contribution is -0.325. The lowest BCUT2D eigenvalue weighted by Gasteiger charge is -2.70. The number of methoxy groups -OCH3 is 6. The largest absolute Gasteiger partial charge is 0.497 e. The van der Waals surface area contributed by atoms with Crippen molar-refractivity contribution in [2.45, 2.75) is 73.6 Å². The van der Waals surface area contributed by atoms with Crippen LogP contribution in [0.4, 0.5) is 0 Å². The van der Waals surface area contributed by atoms with Crippen molar-refractivity contribution in [1.29, 1.82) is 0 Å². The molecule has 6 fully saturated rings. The van der Waals surface area contributed by atoms with Gasteiger partial charge < -0.3 is 48.5 Å². The fourth-order valence-corrected chi connectivity index (χ4v) is 12.4. The molecule has 7 bridgehead atoms. The van der Waals surface area contributed by atoms with Crippen molar-refractivity contribution in [3.05, 3.63) is 29.8 Å². The van der Waals surface area contributed by atoms with Crippen molar-refractivity contribution in [2.75, 3.05) is 62.4 Å². The number of hydrogen-bond acceptors (Lipinski definition) is 12. The van der Waals surface area contributed by atoms with E-state index in [2.05, 4.69) is 11.8 Å². The predicted molar refractivity (Wildman–Crippen MR) is 162 cm³/mol. The molecule has 5 aliphatic carbocycles. The zero-order valence-corrected chi connectivity index (χ0v) is 27.8. The number of nitrogens with zero attached hydrogens (tertiary/aromatic N) is 1. The number of ether oxygens (including phenoxy) is 7. The molecule has 0 radical (unpaired) electrons. The summed E-state index contributed by atoms with van der Waals surface area (Å²) >= 11 is 0. The second-order valence-corrected chi connectivity index (χ2v) is 14.4. The quantitative estimate of drug-likeness (QED) is 0.308. The molecule has 3 N–H and O–H groups in total. The van der Waals surface area contributed by atoms with E-state index in [0.717, 1.165) is 0 Å². The minimum Gasteiger partial charge on any atom is -0.497 e. The smallest absolute Gasteiger partial charge is 0.338 e. The van der Waals surface area contributed by atoms with Gasteiger partial charge in [0.2, 0.25) is 0 Å². The normalized spacial score (nSPS) is 50.0. The molecule has 6 aliphatic rings. The number of hydrogen-bond donors (Lipinski definition) is 3. The Bertz CT molecular complexity index is 1330. The molecule has 12 nitrogen and oxygen atoms in total. The summed E-state index contributed by atoms with van der Waals surface area (Å²) in [6, 6.07) is 6.43. The zero-order chi connectivity index (χ0) is 33.0. The maximum atomic E-state index is 13.8. The van der Waals surface area contributed by atoms with E-state index in [1.165, 1.54) is 7.11 Å². The Labute approximate surface area is 270 Å². The molecule has 1 spiro atoms. The number of likely N-dealkylation sites (tertiary alicyclic amines) is 1. The predicted octanol–water partition coefficient (Wildman–Crippen LogP) is 0.740. The molecule has 46 heavy (non-hydrogen) atoms. The van der Waals surface area contributed by atoms with Crippen LogP contribution in [0.15, 0.2) is 24.3 Å². The van der Waals surface area contributed by atoms with Crippen LogP contribution in [-0.4, -0.2) is 142 Å². The van der Waals surface area contributed by atoms with Gasteiger partial charge >= 0.3 is 5.97 Å². The van der Waals surface area contributed by atoms with Gasteiger partial charge in [-0.2, -0.15) is 0 Å². The van der Waals surface area contributed by atoms with Crippen LogP contribution in [0.3, 0.4) is 0 Å². The standard InChI is InChI=1S/C34H49NO11/c1-8-35-15-31(16-40-2)20(36)13-21(42-4)33-19-14-32(39)28(46-30(38)17-9-11-18(41-3)12-10-17)22(19)34(45-7,27(37)29(32)44-6)23(26(33)35)24(43-5)25(31)33/h9-12,19-29,36-37,39H,8,13-16H2,1-7H3/t19-,20-,21+,22-,23+,24+,25-,26?,27+,28-,29+,31+,32-,33+,34-/m1/s1. The molecule has 5 saturated carbocycles. The summed E-state index contributed by atoms with van der Waals surface area (Å²) in [4.78, 5) is 16.2. The highest BCUT2D eigenvalue weighted by atomic mass is 16.6. The molecule has 256 valence electrons. The Morgan fingerprint density at radius 2 is 1.70 bits per heavy atom. The molecule has 1 aromatic rings. The molecule has 7 rings (SSSR count). The number of carbonyl (C=O) groups excluding carboxylic acids is 1. The monoisotopic (exact) mass is 647 g/mol. The van der Waals surface area contributed by atoms with E-state index in [1.54, 1.807) is 59.8 Å². The van der Waals surface area contributed by atoms with Crippen molar-refractivity contribution in [2.24, 2.45) is 34.5 Å². The Morgan fingerprint density at radius 3 is 2.26 bits per heavy atom. The van der Waals surface area contributed by atoms with E-state index < -0.39 is 76.5 Å². The second kappa shape index (κ2) is 11.1. The van der Waals surface area contributed by atoms with E-state index in [-0.39, 0.29) is 24.3 Å². The minimum absolute atomic E-state index is 0.172. The van der Waals surface area contributed by atoms with Gasteiger partial charge in [0, 0.05) is 83.1 Å². The molecule has 1 unspecified atom stereocenters. The lowest BCUT2D eigenvalue weighted by atomic mass is 9.42. The molecule has 0 amide bonds. The number of benzene rings is 1. The van der Waals surface area contributed by atoms with Gasteiger partial charge in [-0.15, -0.1) is 0 Å². The van der Waals surface area contributed by atoms with Crippen LogP contribution in [0.5, 0.6) is 5.75 Å². The summed E-state index contributed by atoms with van der Waals surface area (Å²) < 4.78 is 43.0. The Balaban J connectivity index is 1.47. The molecule has 12 heteroatoms. The van der Waals surface area contributed by atoms with Crippen molar-refractivity contribution < 1.29 is 53.3 Å². The zero-order valence-electron chi connectivity index (χ0n) is 27.8. The first-order valence-electron chi connectivity index (χ1n) is 16.4. The molecule has 1 aliphatic heterocycles. The van der Waals surface area contributed by atoms with Gasteiger partial charge in [0.1, 0.15) is 35.3 Å². The minimum atomic E-state index is -1.74. The van der Waals surface area contributed by atoms with Crippen molar-refractivity contribution in [3.8, 4) is 5.75 Å². The molecular weight excluding hydrogens is 598 g/mol. The van der Waals surface area contributed by atoms with Crippen LogP contribution in [0.25, 0.3) is 0 Å². The molecule has 1 aromatic carbocycles. The van der Waals surface area contributed by atoms with Gasteiger partial charge in [-0.3, -0.25) is 4.90 Å². The van der Waals surface area contributed by atoms with E-state index in [4.69, 9.17) is 33.2 Å². The molecule has 1 heterocycles. The van der Waals surface area contributed by atoms with E-state index >= 15 is 0 Å². The molecule has 1 saturated heterocycles. The Hall–Kier alpha value is -1.87. The number of rotatable bonds is 10. The van der Waals surface area contributed by atoms with E-state index in [0.29, 0.717) is 37.4 Å². The summed E-state index contributed by atoms with van der Waals surface area (Å²) in [5.74, 6) is -1.73. The highest BCUT2D eigenvalue weighted by molar-refractivity contribution is 5.89. The SMILES string of the molecule is CCN1C[C@]2(COC)[C@H](O)C[C@H](OC)[C@]34C1[C@H]([C@H](OC)[C@H]23)[C@]1(OC)[C@H]2[C@@H](OC(=O)c3ccc(OC)cc3)[C@](O)(C[C@H]24)[C@@H](OC)[C@@H]1O. The first-order valence-corrected chi connectivity index (χ1v) is 16.4. The van der Waals surface area contributed by atoms with Gasteiger partial charge in [0.05, 0.1) is 37.6 Å². The van der Waals surface area contributed by atoms with Gasteiger partial charge in [-0.1, -0.05) is 6.92 Å². The topological polar surface area (TPSA) is 146 Å². The van der Waals surface area contributed by atoms with E-state index in [9.17, 15) is 20.1 Å². The Morgan fingerprint density at radius 1 is 0.978 bits per heavy atom. The van der Waals surface area contributed by atoms with Crippen molar-refractivity contribution >= 4 is 5.97 Å².